The van der Waals surface area contributed by atoms with E-state index in [9.17, 15) is 8.42 Å². The summed E-state index contributed by atoms with van der Waals surface area (Å²) >= 11 is 0. The molecule has 1 aliphatic heterocycles. The number of hydrogen-bond donors (Lipinski definition) is 0. The van der Waals surface area contributed by atoms with E-state index < -0.39 is 10.0 Å². The molecule has 0 aliphatic carbocycles. The molecule has 3 aromatic heterocycles. The van der Waals surface area contributed by atoms with Gasteiger partial charge in [-0.05, 0) is 43.7 Å². The van der Waals surface area contributed by atoms with Crippen molar-refractivity contribution in [3.63, 3.8) is 0 Å². The van der Waals surface area contributed by atoms with E-state index >= 15 is 0 Å². The molecule has 0 radical (unpaired) electrons. The third-order valence-electron chi connectivity index (χ3n) is 6.98. The summed E-state index contributed by atoms with van der Waals surface area (Å²) in [5.41, 5.74) is 5.11. The summed E-state index contributed by atoms with van der Waals surface area (Å²) in [4.78, 5) is 16.3. The smallest absolute Gasteiger partial charge is 0.263 e. The summed E-state index contributed by atoms with van der Waals surface area (Å²) < 4.78 is 33.8. The maximum absolute atomic E-state index is 13.3. The fraction of sp³-hybridized carbons (Fsp3) is 0.241. The average molecular weight is 541 g/mol. The molecule has 0 bridgehead atoms. The fourth-order valence-electron chi connectivity index (χ4n) is 4.78. The van der Waals surface area contributed by atoms with Crippen molar-refractivity contribution in [1.82, 2.24) is 24.4 Å². The number of piperazine rings is 1. The average Bonchev–Trinajstić information content (AvgIpc) is 3.39. The van der Waals surface area contributed by atoms with Gasteiger partial charge in [-0.25, -0.2) is 13.4 Å². The molecular formula is C29H28N6O3S. The Morgan fingerprint density at radius 3 is 2.23 bits per heavy atom. The zero-order valence-electron chi connectivity index (χ0n) is 21.8. The molecule has 39 heavy (non-hydrogen) atoms. The lowest BCUT2D eigenvalue weighted by Crippen LogP contribution is -2.49. The molecule has 0 N–H and O–H groups in total. The van der Waals surface area contributed by atoms with Crippen molar-refractivity contribution in [2.45, 2.75) is 25.2 Å². The van der Waals surface area contributed by atoms with E-state index in [2.05, 4.69) is 46.2 Å². The maximum atomic E-state index is 13.3. The first-order valence-corrected chi connectivity index (χ1v) is 14.3. The number of nitrogens with zero attached hydrogens (tertiary/aromatic N) is 6. The summed E-state index contributed by atoms with van der Waals surface area (Å²) in [5.74, 6) is 1.31. The second-order valence-corrected chi connectivity index (χ2v) is 11.7. The summed E-state index contributed by atoms with van der Waals surface area (Å²) in [7, 11) is -3.58. The third kappa shape index (κ3) is 5.00. The Balaban J connectivity index is 1.35. The van der Waals surface area contributed by atoms with E-state index in [1.54, 1.807) is 24.5 Å². The highest BCUT2D eigenvalue weighted by Crippen LogP contribution is 2.34. The zero-order valence-corrected chi connectivity index (χ0v) is 22.6. The Morgan fingerprint density at radius 1 is 0.872 bits per heavy atom. The van der Waals surface area contributed by atoms with Gasteiger partial charge in [0.2, 0.25) is 10.0 Å². The first-order chi connectivity index (χ1) is 18.9. The minimum Gasteiger partial charge on any atom is -0.353 e. The second kappa shape index (κ2) is 10.2. The third-order valence-corrected chi connectivity index (χ3v) is 8.89. The van der Waals surface area contributed by atoms with Crippen molar-refractivity contribution < 1.29 is 12.9 Å². The van der Waals surface area contributed by atoms with Gasteiger partial charge in [-0.15, -0.1) is 0 Å². The summed E-state index contributed by atoms with van der Waals surface area (Å²) in [6.45, 7) is 5.61. The van der Waals surface area contributed by atoms with E-state index in [4.69, 9.17) is 14.5 Å². The quantitative estimate of drug-likeness (QED) is 0.312. The number of aromatic nitrogens is 4. The second-order valence-electron chi connectivity index (χ2n) is 9.78. The highest BCUT2D eigenvalue weighted by molar-refractivity contribution is 7.89. The standard InChI is InChI=1S/C29H28N6O3S/c1-20-5-9-22(10-6-20)18-25-31-28(26-27(33-38-29(26)32-25)23-4-3-13-30-19-23)34-14-16-35(17-15-34)39(36,37)24-11-7-21(2)8-12-24/h3-13,19H,14-18H2,1-2H3. The first-order valence-electron chi connectivity index (χ1n) is 12.8. The minimum atomic E-state index is -3.58. The lowest BCUT2D eigenvalue weighted by molar-refractivity contribution is 0.384. The maximum Gasteiger partial charge on any atom is 0.263 e. The van der Waals surface area contributed by atoms with Gasteiger partial charge in [0.25, 0.3) is 5.71 Å². The molecule has 198 valence electrons. The number of aryl methyl sites for hydroxylation is 2. The lowest BCUT2D eigenvalue weighted by Gasteiger charge is -2.35. The molecule has 1 fully saturated rings. The predicted octanol–water partition coefficient (Wildman–Crippen LogP) is 4.40. The van der Waals surface area contributed by atoms with E-state index in [-0.39, 0.29) is 0 Å². The molecule has 0 unspecified atom stereocenters. The van der Waals surface area contributed by atoms with Gasteiger partial charge in [0.05, 0.1) is 4.90 Å². The van der Waals surface area contributed by atoms with Crippen molar-refractivity contribution in [2.24, 2.45) is 0 Å². The largest absolute Gasteiger partial charge is 0.353 e. The molecule has 5 aromatic rings. The molecule has 0 spiro atoms. The zero-order chi connectivity index (χ0) is 27.0. The highest BCUT2D eigenvalue weighted by atomic mass is 32.2. The molecule has 0 atom stereocenters. The van der Waals surface area contributed by atoms with E-state index in [0.717, 1.165) is 16.7 Å². The van der Waals surface area contributed by atoms with E-state index in [1.165, 1.54) is 9.87 Å². The monoisotopic (exact) mass is 540 g/mol. The number of benzene rings is 2. The lowest BCUT2D eigenvalue weighted by atomic mass is 10.1. The number of sulfonamides is 1. The van der Waals surface area contributed by atoms with Crippen molar-refractivity contribution in [3.05, 3.63) is 95.6 Å². The van der Waals surface area contributed by atoms with Gasteiger partial charge in [0.1, 0.15) is 22.7 Å². The van der Waals surface area contributed by atoms with Gasteiger partial charge in [-0.3, -0.25) is 4.98 Å². The molecular weight excluding hydrogens is 512 g/mol. The molecule has 9 nitrogen and oxygen atoms in total. The van der Waals surface area contributed by atoms with Crippen LogP contribution in [0, 0.1) is 13.8 Å². The molecule has 10 heteroatoms. The summed E-state index contributed by atoms with van der Waals surface area (Å²) in [5, 5.41) is 5.03. The van der Waals surface area contributed by atoms with Crippen LogP contribution in [-0.4, -0.2) is 59.0 Å². The van der Waals surface area contributed by atoms with Crippen LogP contribution in [0.25, 0.3) is 22.4 Å². The SMILES string of the molecule is Cc1ccc(Cc2nc(N3CCN(S(=O)(=O)c4ccc(C)cc4)CC3)c3c(-c4cccnc4)noc3n2)cc1. The van der Waals surface area contributed by atoms with Crippen LogP contribution in [0.2, 0.25) is 0 Å². The van der Waals surface area contributed by atoms with Crippen LogP contribution in [-0.2, 0) is 16.4 Å². The van der Waals surface area contributed by atoms with Crippen molar-refractivity contribution in [2.75, 3.05) is 31.1 Å². The van der Waals surface area contributed by atoms with Gasteiger partial charge in [0, 0.05) is 50.6 Å². The van der Waals surface area contributed by atoms with Gasteiger partial charge < -0.3 is 9.42 Å². The Kier molecular flexibility index (Phi) is 6.58. The van der Waals surface area contributed by atoms with Crippen LogP contribution < -0.4 is 4.90 Å². The molecule has 6 rings (SSSR count). The van der Waals surface area contributed by atoms with Gasteiger partial charge in [-0.1, -0.05) is 52.7 Å². The summed E-state index contributed by atoms with van der Waals surface area (Å²) in [6.07, 6.45) is 3.97. The normalized spacial score (nSPS) is 14.7. The van der Waals surface area contributed by atoms with Crippen molar-refractivity contribution >= 4 is 26.9 Å². The first kappa shape index (κ1) is 25.1. The van der Waals surface area contributed by atoms with Gasteiger partial charge in [0.15, 0.2) is 0 Å². The molecule has 0 saturated carbocycles. The fourth-order valence-corrected chi connectivity index (χ4v) is 6.20. The van der Waals surface area contributed by atoms with Crippen molar-refractivity contribution in [3.8, 4) is 11.3 Å². The molecule has 1 saturated heterocycles. The minimum absolute atomic E-state index is 0.309. The van der Waals surface area contributed by atoms with Gasteiger partial charge in [-0.2, -0.15) is 9.29 Å². The van der Waals surface area contributed by atoms with Crippen LogP contribution in [0.15, 0.2) is 82.5 Å². The van der Waals surface area contributed by atoms with Crippen LogP contribution in [0.3, 0.4) is 0 Å². The van der Waals surface area contributed by atoms with Crippen LogP contribution >= 0.6 is 0 Å². The number of hydrogen-bond acceptors (Lipinski definition) is 8. The molecule has 4 heterocycles. The Labute approximate surface area is 227 Å². The van der Waals surface area contributed by atoms with E-state index in [1.807, 2.05) is 31.2 Å². The number of fused-ring (bicyclic) bond motifs is 1. The van der Waals surface area contributed by atoms with E-state index in [0.29, 0.717) is 65.9 Å². The van der Waals surface area contributed by atoms with Crippen LogP contribution in [0.1, 0.15) is 22.5 Å². The Morgan fingerprint density at radius 2 is 1.56 bits per heavy atom. The molecule has 1 aliphatic rings. The predicted molar refractivity (Wildman–Crippen MR) is 149 cm³/mol. The van der Waals surface area contributed by atoms with Crippen LogP contribution in [0.4, 0.5) is 5.82 Å². The topological polar surface area (TPSA) is 105 Å². The van der Waals surface area contributed by atoms with Gasteiger partial charge >= 0.3 is 0 Å². The number of anilines is 1. The van der Waals surface area contributed by atoms with Crippen LogP contribution in [0.5, 0.6) is 0 Å². The Hall–Kier alpha value is -4.15. The summed E-state index contributed by atoms with van der Waals surface area (Å²) in [6, 6.07) is 19.0. The molecule has 2 aromatic carbocycles. The Bertz CT molecular complexity index is 1710. The number of pyridine rings is 1. The van der Waals surface area contributed by atoms with Crippen molar-refractivity contribution in [1.29, 1.82) is 0 Å². The number of rotatable bonds is 6. The molecule has 0 amide bonds. The highest BCUT2D eigenvalue weighted by Gasteiger charge is 2.31.